The largest absolute Gasteiger partial charge is 0.340 e. The van der Waals surface area contributed by atoms with Gasteiger partial charge < -0.3 is 9.80 Å². The molecule has 2 aliphatic rings. The molecule has 0 N–H and O–H groups in total. The highest BCUT2D eigenvalue weighted by molar-refractivity contribution is 5.94. The summed E-state index contributed by atoms with van der Waals surface area (Å²) in [7, 11) is 0. The lowest BCUT2D eigenvalue weighted by Gasteiger charge is -2.30. The number of hydrogen-bond acceptors (Lipinski definition) is 2. The second kappa shape index (κ2) is 8.13. The molecule has 4 nitrogen and oxygen atoms in total. The van der Waals surface area contributed by atoms with Gasteiger partial charge in [-0.1, -0.05) is 36.4 Å². The minimum absolute atomic E-state index is 0.0845. The summed E-state index contributed by atoms with van der Waals surface area (Å²) in [6, 6.07) is 14.3. The SMILES string of the molecule is O=C(c1ccccc1F)N1CCCN(C(=O)C2CCCc3ccccc32)CC1. The Labute approximate surface area is 164 Å². The van der Waals surface area contributed by atoms with E-state index in [1.54, 1.807) is 17.0 Å². The molecule has 2 amide bonds. The average Bonchev–Trinajstić information content (AvgIpc) is 2.99. The van der Waals surface area contributed by atoms with E-state index in [4.69, 9.17) is 0 Å². The topological polar surface area (TPSA) is 40.6 Å². The smallest absolute Gasteiger partial charge is 0.256 e. The molecule has 0 bridgehead atoms. The third kappa shape index (κ3) is 3.66. The van der Waals surface area contributed by atoms with E-state index in [0.29, 0.717) is 32.6 Å². The van der Waals surface area contributed by atoms with Gasteiger partial charge in [0.1, 0.15) is 5.82 Å². The molecule has 28 heavy (non-hydrogen) atoms. The lowest BCUT2D eigenvalue weighted by atomic mass is 9.82. The molecular weight excluding hydrogens is 355 g/mol. The van der Waals surface area contributed by atoms with Crippen molar-refractivity contribution in [2.45, 2.75) is 31.6 Å². The molecule has 1 fully saturated rings. The zero-order valence-electron chi connectivity index (χ0n) is 15.9. The van der Waals surface area contributed by atoms with Crippen LogP contribution in [0.4, 0.5) is 4.39 Å². The van der Waals surface area contributed by atoms with Crippen molar-refractivity contribution >= 4 is 11.8 Å². The van der Waals surface area contributed by atoms with Crippen molar-refractivity contribution in [2.75, 3.05) is 26.2 Å². The van der Waals surface area contributed by atoms with Crippen LogP contribution in [0.1, 0.15) is 46.7 Å². The van der Waals surface area contributed by atoms with E-state index in [0.717, 1.165) is 24.8 Å². The summed E-state index contributed by atoms with van der Waals surface area (Å²) in [6.45, 7) is 2.11. The Balaban J connectivity index is 1.45. The van der Waals surface area contributed by atoms with Gasteiger partial charge in [-0.15, -0.1) is 0 Å². The van der Waals surface area contributed by atoms with E-state index >= 15 is 0 Å². The zero-order chi connectivity index (χ0) is 19.5. The Hall–Kier alpha value is -2.69. The van der Waals surface area contributed by atoms with Crippen LogP contribution >= 0.6 is 0 Å². The molecule has 1 aliphatic heterocycles. The van der Waals surface area contributed by atoms with Crippen molar-refractivity contribution < 1.29 is 14.0 Å². The van der Waals surface area contributed by atoms with Gasteiger partial charge in [0.2, 0.25) is 5.91 Å². The van der Waals surface area contributed by atoms with Gasteiger partial charge in [0.05, 0.1) is 11.5 Å². The molecule has 1 heterocycles. The van der Waals surface area contributed by atoms with Crippen LogP contribution < -0.4 is 0 Å². The number of carbonyl (C=O) groups excluding carboxylic acids is 2. The van der Waals surface area contributed by atoms with Crippen LogP contribution in [0, 0.1) is 5.82 Å². The third-order valence-corrected chi connectivity index (χ3v) is 5.87. The van der Waals surface area contributed by atoms with Crippen LogP contribution in [0.15, 0.2) is 48.5 Å². The maximum Gasteiger partial charge on any atom is 0.256 e. The summed E-state index contributed by atoms with van der Waals surface area (Å²) >= 11 is 0. The standard InChI is InChI=1S/C23H25FN2O2/c24-21-12-4-3-10-20(21)23(28)26-14-6-13-25(15-16-26)22(27)19-11-5-8-17-7-1-2-9-18(17)19/h1-4,7,9-10,12,19H,5-6,8,11,13-16H2. The van der Waals surface area contributed by atoms with Crippen LogP contribution in [0.5, 0.6) is 0 Å². The fourth-order valence-electron chi connectivity index (χ4n) is 4.38. The summed E-state index contributed by atoms with van der Waals surface area (Å²) in [5.41, 5.74) is 2.53. The van der Waals surface area contributed by atoms with Crippen LogP contribution in [-0.4, -0.2) is 47.8 Å². The molecule has 1 saturated heterocycles. The van der Waals surface area contributed by atoms with Gasteiger partial charge in [0.25, 0.3) is 5.91 Å². The molecule has 1 atom stereocenters. The minimum atomic E-state index is -0.497. The molecule has 146 valence electrons. The molecule has 1 aliphatic carbocycles. The van der Waals surface area contributed by atoms with Gasteiger partial charge in [0, 0.05) is 26.2 Å². The number of carbonyl (C=O) groups is 2. The maximum atomic E-state index is 14.0. The van der Waals surface area contributed by atoms with Gasteiger partial charge in [-0.05, 0) is 48.9 Å². The van der Waals surface area contributed by atoms with Gasteiger partial charge in [-0.3, -0.25) is 9.59 Å². The molecule has 2 aromatic carbocycles. The summed E-state index contributed by atoms with van der Waals surface area (Å²) in [5, 5.41) is 0. The van der Waals surface area contributed by atoms with Crippen molar-refractivity contribution in [3.05, 3.63) is 71.0 Å². The minimum Gasteiger partial charge on any atom is -0.340 e. The molecular formula is C23H25FN2O2. The summed E-state index contributed by atoms with van der Waals surface area (Å²) in [6.07, 6.45) is 3.65. The zero-order valence-corrected chi connectivity index (χ0v) is 15.9. The lowest BCUT2D eigenvalue weighted by molar-refractivity contribution is -0.133. The first-order valence-electron chi connectivity index (χ1n) is 10.1. The fraction of sp³-hybridized carbons (Fsp3) is 0.391. The highest BCUT2D eigenvalue weighted by Gasteiger charge is 2.31. The summed E-state index contributed by atoms with van der Waals surface area (Å²) < 4.78 is 14.0. The molecule has 0 saturated carbocycles. The van der Waals surface area contributed by atoms with Crippen molar-refractivity contribution in [3.63, 3.8) is 0 Å². The predicted octanol–water partition coefficient (Wildman–Crippen LogP) is 3.62. The van der Waals surface area contributed by atoms with E-state index in [1.165, 1.54) is 17.7 Å². The van der Waals surface area contributed by atoms with Gasteiger partial charge in [-0.25, -0.2) is 4.39 Å². The first-order valence-corrected chi connectivity index (χ1v) is 10.1. The highest BCUT2D eigenvalue weighted by Crippen LogP contribution is 2.33. The summed E-state index contributed by atoms with van der Waals surface area (Å²) in [4.78, 5) is 29.5. The molecule has 5 heteroatoms. The number of amides is 2. The second-order valence-electron chi connectivity index (χ2n) is 7.59. The molecule has 0 aromatic heterocycles. The Morgan fingerprint density at radius 2 is 1.57 bits per heavy atom. The predicted molar refractivity (Wildman–Crippen MR) is 106 cm³/mol. The van der Waals surface area contributed by atoms with E-state index in [2.05, 4.69) is 12.1 Å². The van der Waals surface area contributed by atoms with Crippen LogP contribution in [0.25, 0.3) is 0 Å². The molecule has 0 radical (unpaired) electrons. The van der Waals surface area contributed by atoms with Crippen LogP contribution in [0.2, 0.25) is 0 Å². The maximum absolute atomic E-state index is 14.0. The number of rotatable bonds is 2. The van der Waals surface area contributed by atoms with Crippen molar-refractivity contribution in [3.8, 4) is 0 Å². The first-order chi connectivity index (χ1) is 13.6. The lowest BCUT2D eigenvalue weighted by Crippen LogP contribution is -2.40. The number of benzene rings is 2. The Bertz CT molecular complexity index is 882. The number of halogens is 1. The number of nitrogens with zero attached hydrogens (tertiary/aromatic N) is 2. The monoisotopic (exact) mass is 380 g/mol. The quantitative estimate of drug-likeness (QED) is 0.798. The fourth-order valence-corrected chi connectivity index (χ4v) is 4.38. The van der Waals surface area contributed by atoms with E-state index in [9.17, 15) is 14.0 Å². The Morgan fingerprint density at radius 3 is 2.43 bits per heavy atom. The number of hydrogen-bond donors (Lipinski definition) is 0. The van der Waals surface area contributed by atoms with Gasteiger partial charge in [-0.2, -0.15) is 0 Å². The second-order valence-corrected chi connectivity index (χ2v) is 7.59. The molecule has 1 unspecified atom stereocenters. The molecule has 2 aromatic rings. The van der Waals surface area contributed by atoms with E-state index < -0.39 is 5.82 Å². The number of fused-ring (bicyclic) bond motifs is 1. The van der Waals surface area contributed by atoms with Crippen molar-refractivity contribution in [1.82, 2.24) is 9.80 Å². The Kier molecular flexibility index (Phi) is 5.42. The van der Waals surface area contributed by atoms with Gasteiger partial charge >= 0.3 is 0 Å². The number of aryl methyl sites for hydroxylation is 1. The third-order valence-electron chi connectivity index (χ3n) is 5.87. The van der Waals surface area contributed by atoms with Crippen molar-refractivity contribution in [1.29, 1.82) is 0 Å². The van der Waals surface area contributed by atoms with Crippen molar-refractivity contribution in [2.24, 2.45) is 0 Å². The highest BCUT2D eigenvalue weighted by atomic mass is 19.1. The molecule has 0 spiro atoms. The van der Waals surface area contributed by atoms with Gasteiger partial charge in [0.15, 0.2) is 0 Å². The average molecular weight is 380 g/mol. The first kappa shape index (κ1) is 18.7. The van der Waals surface area contributed by atoms with E-state index in [-0.39, 0.29) is 23.3 Å². The normalized spacial score (nSPS) is 19.7. The van der Waals surface area contributed by atoms with Crippen LogP contribution in [-0.2, 0) is 11.2 Å². The molecule has 4 rings (SSSR count). The van der Waals surface area contributed by atoms with E-state index in [1.807, 2.05) is 17.0 Å². The summed E-state index contributed by atoms with van der Waals surface area (Å²) in [5.74, 6) is -0.718. The Morgan fingerprint density at radius 1 is 0.857 bits per heavy atom. The van der Waals surface area contributed by atoms with Crippen LogP contribution in [0.3, 0.4) is 0 Å².